The van der Waals surface area contributed by atoms with Crippen LogP contribution in [0.3, 0.4) is 0 Å². The summed E-state index contributed by atoms with van der Waals surface area (Å²) in [5.41, 5.74) is 1.95. The highest BCUT2D eigenvalue weighted by Gasteiger charge is 2.33. The molecule has 172 valence electrons. The van der Waals surface area contributed by atoms with Gasteiger partial charge < -0.3 is 24.4 Å². The van der Waals surface area contributed by atoms with E-state index in [-0.39, 0.29) is 18.6 Å². The van der Waals surface area contributed by atoms with Gasteiger partial charge in [0.1, 0.15) is 17.6 Å². The molecule has 1 N–H and O–H groups in total. The second-order valence-corrected chi connectivity index (χ2v) is 8.97. The molecule has 4 rings (SSSR count). The van der Waals surface area contributed by atoms with Gasteiger partial charge in [-0.2, -0.15) is 0 Å². The van der Waals surface area contributed by atoms with Crippen molar-refractivity contribution in [2.45, 2.75) is 44.8 Å². The number of nitrogens with zero attached hydrogens (tertiary/aromatic N) is 3. The number of carboxylic acid groups (broad SMARTS) is 1. The summed E-state index contributed by atoms with van der Waals surface area (Å²) in [5.74, 6) is 1.17. The number of hydrogen-bond acceptors (Lipinski definition) is 6. The van der Waals surface area contributed by atoms with Crippen LogP contribution < -0.4 is 19.3 Å². The number of benzene rings is 1. The van der Waals surface area contributed by atoms with Crippen molar-refractivity contribution in [3.05, 3.63) is 41.7 Å². The molecule has 0 unspecified atom stereocenters. The lowest BCUT2D eigenvalue weighted by molar-refractivity contribution is -0.137. The zero-order valence-electron chi connectivity index (χ0n) is 18.5. The molecule has 0 amide bonds. The molecule has 0 bridgehead atoms. The van der Waals surface area contributed by atoms with Crippen LogP contribution in [-0.4, -0.2) is 54.9 Å². The van der Waals surface area contributed by atoms with Gasteiger partial charge in [-0.05, 0) is 36.6 Å². The molecule has 0 aliphatic carbocycles. The van der Waals surface area contributed by atoms with Crippen molar-refractivity contribution in [2.24, 2.45) is 5.92 Å². The number of ether oxygens (including phenoxy) is 2. The van der Waals surface area contributed by atoms with Gasteiger partial charge in [0.2, 0.25) is 0 Å². The highest BCUT2D eigenvalue weighted by atomic mass is 35.5. The quantitative estimate of drug-likeness (QED) is 0.611. The summed E-state index contributed by atoms with van der Waals surface area (Å²) < 4.78 is 11.5. The Morgan fingerprint density at radius 2 is 1.88 bits per heavy atom. The van der Waals surface area contributed by atoms with Crippen molar-refractivity contribution in [2.75, 3.05) is 36.5 Å². The molecule has 3 heterocycles. The van der Waals surface area contributed by atoms with Gasteiger partial charge in [0, 0.05) is 50.3 Å². The molecule has 2 aliphatic heterocycles. The second kappa shape index (κ2) is 9.86. The van der Waals surface area contributed by atoms with E-state index in [9.17, 15) is 9.90 Å². The van der Waals surface area contributed by atoms with Crippen molar-refractivity contribution in [1.82, 2.24) is 4.98 Å². The van der Waals surface area contributed by atoms with Crippen LogP contribution in [0.15, 0.2) is 36.5 Å². The Hall–Kier alpha value is -2.67. The van der Waals surface area contributed by atoms with Crippen LogP contribution in [0.2, 0.25) is 5.15 Å². The first-order chi connectivity index (χ1) is 15.4. The zero-order valence-corrected chi connectivity index (χ0v) is 19.3. The molecule has 32 heavy (non-hydrogen) atoms. The standard InChI is InChI=1S/C24H30ClN3O4/c1-16-7-12-28(21(16)14-23(29)30)17-3-5-18(6-4-17)32-19-8-10-27(11-9-19)22-13-20(31-2)15-26-24(22)25/h3-6,13,15-16,19,21H,7-12,14H2,1-2H3,(H,29,30)/t16-,21+/m1/s1. The SMILES string of the molecule is COc1cnc(Cl)c(N2CCC(Oc3ccc(N4CC[C@@H](C)[C@@H]4CC(=O)O)cc3)CC2)c1. The van der Waals surface area contributed by atoms with Crippen molar-refractivity contribution in [1.29, 1.82) is 0 Å². The molecule has 2 fully saturated rings. The largest absolute Gasteiger partial charge is 0.495 e. The van der Waals surface area contributed by atoms with Crippen molar-refractivity contribution in [3.63, 3.8) is 0 Å². The fourth-order valence-corrected chi connectivity index (χ4v) is 4.92. The maximum atomic E-state index is 11.3. The first-order valence-electron chi connectivity index (χ1n) is 11.1. The number of carbonyl (C=O) groups is 1. The fraction of sp³-hybridized carbons (Fsp3) is 0.500. The highest BCUT2D eigenvalue weighted by molar-refractivity contribution is 6.32. The number of carboxylic acids is 1. The summed E-state index contributed by atoms with van der Waals surface area (Å²) in [5, 5.41) is 9.73. The highest BCUT2D eigenvalue weighted by Crippen LogP contribution is 2.34. The van der Waals surface area contributed by atoms with Crippen LogP contribution in [0.1, 0.15) is 32.6 Å². The average molecular weight is 460 g/mol. The number of anilines is 2. The van der Waals surface area contributed by atoms with Gasteiger partial charge in [0.25, 0.3) is 0 Å². The summed E-state index contributed by atoms with van der Waals surface area (Å²) in [4.78, 5) is 19.9. The number of rotatable bonds is 7. The summed E-state index contributed by atoms with van der Waals surface area (Å²) in [6, 6.07) is 10.0. The monoisotopic (exact) mass is 459 g/mol. The lowest BCUT2D eigenvalue weighted by atomic mass is 10.00. The van der Waals surface area contributed by atoms with Crippen LogP contribution in [0.4, 0.5) is 11.4 Å². The van der Waals surface area contributed by atoms with E-state index >= 15 is 0 Å². The number of aliphatic carboxylic acids is 1. The minimum atomic E-state index is -0.744. The van der Waals surface area contributed by atoms with E-state index in [4.69, 9.17) is 21.1 Å². The van der Waals surface area contributed by atoms with Crippen molar-refractivity contribution >= 4 is 28.9 Å². The second-order valence-electron chi connectivity index (χ2n) is 8.61. The zero-order chi connectivity index (χ0) is 22.7. The third kappa shape index (κ3) is 5.04. The van der Waals surface area contributed by atoms with Crippen LogP contribution in [0.5, 0.6) is 11.5 Å². The molecule has 0 saturated carbocycles. The maximum Gasteiger partial charge on any atom is 0.305 e. The molecule has 7 nitrogen and oxygen atoms in total. The number of pyridine rings is 1. The fourth-order valence-electron chi connectivity index (χ4n) is 4.69. The number of halogens is 1. The van der Waals surface area contributed by atoms with E-state index in [1.54, 1.807) is 13.3 Å². The van der Waals surface area contributed by atoms with Crippen molar-refractivity contribution < 1.29 is 19.4 Å². The predicted molar refractivity (Wildman–Crippen MR) is 125 cm³/mol. The Balaban J connectivity index is 1.34. The molecule has 2 atom stereocenters. The molecule has 1 aromatic carbocycles. The maximum absolute atomic E-state index is 11.3. The first kappa shape index (κ1) is 22.5. The predicted octanol–water partition coefficient (Wildman–Crippen LogP) is 4.48. The third-order valence-electron chi connectivity index (χ3n) is 6.55. The normalized spacial score (nSPS) is 21.6. The molecule has 0 radical (unpaired) electrons. The Labute approximate surface area is 193 Å². The molecular formula is C24H30ClN3O4. The van der Waals surface area contributed by atoms with E-state index in [0.717, 1.165) is 56.0 Å². The summed E-state index contributed by atoms with van der Waals surface area (Å²) in [6.07, 6.45) is 4.73. The Morgan fingerprint density at radius 1 is 1.16 bits per heavy atom. The van der Waals surface area contributed by atoms with Gasteiger partial charge in [-0.25, -0.2) is 4.98 Å². The molecule has 0 spiro atoms. The van der Waals surface area contributed by atoms with Gasteiger partial charge in [0.15, 0.2) is 5.15 Å². The molecule has 8 heteroatoms. The van der Waals surface area contributed by atoms with E-state index in [1.807, 2.05) is 30.3 Å². The third-order valence-corrected chi connectivity index (χ3v) is 6.84. The topological polar surface area (TPSA) is 75.1 Å². The Bertz CT molecular complexity index is 931. The minimum Gasteiger partial charge on any atom is -0.495 e. The number of methoxy groups -OCH3 is 1. The molecule has 2 aliphatic rings. The van der Waals surface area contributed by atoms with Crippen LogP contribution >= 0.6 is 11.6 Å². The Kier molecular flexibility index (Phi) is 6.94. The molecule has 2 saturated heterocycles. The number of hydrogen-bond donors (Lipinski definition) is 1. The summed E-state index contributed by atoms with van der Waals surface area (Å²) in [6.45, 7) is 4.69. The van der Waals surface area contributed by atoms with Crippen molar-refractivity contribution in [3.8, 4) is 11.5 Å². The molecule has 2 aromatic rings. The van der Waals surface area contributed by atoms with Gasteiger partial charge in [-0.1, -0.05) is 18.5 Å². The summed E-state index contributed by atoms with van der Waals surface area (Å²) in [7, 11) is 1.62. The molecule has 1 aromatic heterocycles. The summed E-state index contributed by atoms with van der Waals surface area (Å²) >= 11 is 6.29. The van der Waals surface area contributed by atoms with E-state index in [2.05, 4.69) is 21.7 Å². The average Bonchev–Trinajstić information content (AvgIpc) is 3.15. The van der Waals surface area contributed by atoms with E-state index in [0.29, 0.717) is 16.8 Å². The van der Waals surface area contributed by atoms with Crippen LogP contribution in [-0.2, 0) is 4.79 Å². The lowest BCUT2D eigenvalue weighted by Gasteiger charge is -2.34. The van der Waals surface area contributed by atoms with Crippen LogP contribution in [0.25, 0.3) is 0 Å². The number of aromatic nitrogens is 1. The van der Waals surface area contributed by atoms with Gasteiger partial charge in [-0.3, -0.25) is 4.79 Å². The van der Waals surface area contributed by atoms with Gasteiger partial charge in [-0.15, -0.1) is 0 Å². The van der Waals surface area contributed by atoms with E-state index in [1.165, 1.54) is 0 Å². The van der Waals surface area contributed by atoms with E-state index < -0.39 is 5.97 Å². The lowest BCUT2D eigenvalue weighted by Crippen LogP contribution is -2.38. The minimum absolute atomic E-state index is 0.0431. The van der Waals surface area contributed by atoms with Gasteiger partial charge in [0.05, 0.1) is 25.4 Å². The molecular weight excluding hydrogens is 430 g/mol. The number of piperidine rings is 1. The van der Waals surface area contributed by atoms with Gasteiger partial charge >= 0.3 is 5.97 Å². The smallest absolute Gasteiger partial charge is 0.305 e. The Morgan fingerprint density at radius 3 is 2.53 bits per heavy atom. The first-order valence-corrected chi connectivity index (χ1v) is 11.5. The van der Waals surface area contributed by atoms with Crippen LogP contribution in [0, 0.1) is 5.92 Å².